The maximum absolute atomic E-state index is 12.7. The molecule has 0 saturated heterocycles. The number of aliphatic hydroxyl groups excluding tert-OH is 1. The second-order valence-electron chi connectivity index (χ2n) is 5.15. The van der Waals surface area contributed by atoms with E-state index in [9.17, 15) is 14.7 Å². The molecule has 0 fully saturated rings. The number of ketones is 1. The molecule has 0 aliphatic heterocycles. The van der Waals surface area contributed by atoms with Crippen LogP contribution in [0.5, 0.6) is 0 Å². The molecule has 1 atom stereocenters. The second-order valence-corrected chi connectivity index (χ2v) is 5.59. The predicted molar refractivity (Wildman–Crippen MR) is 80.3 cm³/mol. The molecule has 0 radical (unpaired) electrons. The zero-order valence-electron chi connectivity index (χ0n) is 12.2. The summed E-state index contributed by atoms with van der Waals surface area (Å²) < 4.78 is 4.89. The summed E-state index contributed by atoms with van der Waals surface area (Å²) in [7, 11) is 0. The Balaban J connectivity index is 2.74. The zero-order valence-corrected chi connectivity index (χ0v) is 13.0. The third kappa shape index (κ3) is 2.33. The largest absolute Gasteiger partial charge is 0.506 e. The van der Waals surface area contributed by atoms with Crippen LogP contribution in [-0.2, 0) is 19.7 Å². The summed E-state index contributed by atoms with van der Waals surface area (Å²) in [6, 6.07) is 4.95. The highest BCUT2D eigenvalue weighted by molar-refractivity contribution is 6.31. The number of ether oxygens (including phenoxy) is 1. The van der Waals surface area contributed by atoms with Crippen molar-refractivity contribution in [3.05, 3.63) is 39.9 Å². The first kappa shape index (κ1) is 15.6. The molecule has 2 rings (SSSR count). The molecule has 1 N–H and O–H groups in total. The number of halogens is 1. The number of hydrogen-bond acceptors (Lipinski definition) is 4. The van der Waals surface area contributed by atoms with Gasteiger partial charge in [0.2, 0.25) is 0 Å². The lowest BCUT2D eigenvalue weighted by Crippen LogP contribution is -2.40. The highest BCUT2D eigenvalue weighted by atomic mass is 35.5. The number of hydrogen-bond donors (Lipinski definition) is 1. The molecule has 0 spiro atoms. The van der Waals surface area contributed by atoms with E-state index in [1.54, 1.807) is 32.0 Å². The second kappa shape index (κ2) is 5.53. The van der Waals surface area contributed by atoms with Crippen LogP contribution in [0.1, 0.15) is 38.3 Å². The molecule has 0 amide bonds. The average molecular weight is 309 g/mol. The highest BCUT2D eigenvalue weighted by Crippen LogP contribution is 2.42. The molecule has 1 aliphatic carbocycles. The number of rotatable bonds is 3. The lowest BCUT2D eigenvalue weighted by molar-refractivity contribution is -0.140. The first-order chi connectivity index (χ1) is 9.86. The van der Waals surface area contributed by atoms with E-state index in [0.29, 0.717) is 22.6 Å². The van der Waals surface area contributed by atoms with Crippen LogP contribution in [0.2, 0.25) is 5.02 Å². The van der Waals surface area contributed by atoms with Crippen molar-refractivity contribution in [2.24, 2.45) is 0 Å². The van der Waals surface area contributed by atoms with Gasteiger partial charge in [-0.25, -0.2) is 4.79 Å². The van der Waals surface area contributed by atoms with E-state index in [4.69, 9.17) is 16.3 Å². The van der Waals surface area contributed by atoms with Crippen molar-refractivity contribution in [2.45, 2.75) is 32.6 Å². The Hall–Kier alpha value is -1.81. The van der Waals surface area contributed by atoms with Gasteiger partial charge in [0, 0.05) is 10.6 Å². The van der Waals surface area contributed by atoms with Crippen molar-refractivity contribution in [3.63, 3.8) is 0 Å². The maximum Gasteiger partial charge on any atom is 0.345 e. The van der Waals surface area contributed by atoms with Crippen LogP contribution in [0.4, 0.5) is 0 Å². The molecule has 1 aliphatic rings. The van der Waals surface area contributed by atoms with Gasteiger partial charge < -0.3 is 9.84 Å². The summed E-state index contributed by atoms with van der Waals surface area (Å²) in [6.45, 7) is 5.40. The first-order valence-corrected chi connectivity index (χ1v) is 7.20. The lowest BCUT2D eigenvalue weighted by Gasteiger charge is -2.34. The summed E-state index contributed by atoms with van der Waals surface area (Å²) in [6.07, 6.45) is 0.497. The Morgan fingerprint density at radius 2 is 2.05 bits per heavy atom. The molecular formula is C16H17ClO4. The molecule has 1 aromatic carbocycles. The fourth-order valence-corrected chi connectivity index (χ4v) is 2.75. The number of carbonyl (C=O) groups is 2. The Morgan fingerprint density at radius 1 is 1.38 bits per heavy atom. The van der Waals surface area contributed by atoms with E-state index in [-0.39, 0.29) is 17.9 Å². The van der Waals surface area contributed by atoms with Crippen LogP contribution < -0.4 is 0 Å². The van der Waals surface area contributed by atoms with Crippen molar-refractivity contribution in [3.8, 4) is 0 Å². The SMILES string of the molecule is CCOC(=O)C1=C(O)c2cc(Cl)ccc2[C@](C)(CC)C1=O. The van der Waals surface area contributed by atoms with E-state index in [1.165, 1.54) is 0 Å². The van der Waals surface area contributed by atoms with E-state index in [2.05, 4.69) is 0 Å². The minimum Gasteiger partial charge on any atom is -0.506 e. The molecule has 1 aromatic rings. The number of benzene rings is 1. The van der Waals surface area contributed by atoms with Crippen molar-refractivity contribution in [1.82, 2.24) is 0 Å². The van der Waals surface area contributed by atoms with Gasteiger partial charge in [-0.2, -0.15) is 0 Å². The van der Waals surface area contributed by atoms with E-state index >= 15 is 0 Å². The fourth-order valence-electron chi connectivity index (χ4n) is 2.58. The smallest absolute Gasteiger partial charge is 0.345 e. The summed E-state index contributed by atoms with van der Waals surface area (Å²) in [4.78, 5) is 24.7. The van der Waals surface area contributed by atoms with Crippen LogP contribution in [0, 0.1) is 0 Å². The lowest BCUT2D eigenvalue weighted by atomic mass is 9.68. The maximum atomic E-state index is 12.7. The quantitative estimate of drug-likeness (QED) is 0.686. The number of fused-ring (bicyclic) bond motifs is 1. The molecule has 0 bridgehead atoms. The van der Waals surface area contributed by atoms with Crippen molar-refractivity contribution in [1.29, 1.82) is 0 Å². The van der Waals surface area contributed by atoms with Crippen LogP contribution >= 0.6 is 11.6 Å². The van der Waals surface area contributed by atoms with Gasteiger partial charge in [-0.15, -0.1) is 0 Å². The normalized spacial score (nSPS) is 21.2. The predicted octanol–water partition coefficient (Wildman–Crippen LogP) is 3.42. The monoisotopic (exact) mass is 308 g/mol. The molecule has 112 valence electrons. The van der Waals surface area contributed by atoms with Crippen molar-refractivity contribution in [2.75, 3.05) is 6.61 Å². The molecule has 4 nitrogen and oxygen atoms in total. The average Bonchev–Trinajstić information content (AvgIpc) is 2.45. The molecule has 0 aromatic heterocycles. The summed E-state index contributed by atoms with van der Waals surface area (Å²) in [5.74, 6) is -1.58. The van der Waals surface area contributed by atoms with Crippen LogP contribution in [0.3, 0.4) is 0 Å². The van der Waals surface area contributed by atoms with Gasteiger partial charge in [-0.3, -0.25) is 4.79 Å². The van der Waals surface area contributed by atoms with Gasteiger partial charge in [-0.05, 0) is 38.0 Å². The minimum absolute atomic E-state index is 0.133. The standard InChI is InChI=1S/C16H17ClO4/c1-4-16(3)11-7-6-9(17)8-10(11)13(18)12(14(16)19)15(20)21-5-2/h6-8,18H,4-5H2,1-3H3/t16-/m0/s1. The fraction of sp³-hybridized carbons (Fsp3) is 0.375. The molecule has 5 heteroatoms. The van der Waals surface area contributed by atoms with Crippen molar-refractivity contribution < 1.29 is 19.4 Å². The van der Waals surface area contributed by atoms with Gasteiger partial charge in [-0.1, -0.05) is 24.6 Å². The third-order valence-electron chi connectivity index (χ3n) is 3.98. The third-order valence-corrected chi connectivity index (χ3v) is 4.22. The molecule has 21 heavy (non-hydrogen) atoms. The summed E-state index contributed by atoms with van der Waals surface area (Å²) >= 11 is 5.97. The Kier molecular flexibility index (Phi) is 4.10. The number of carbonyl (C=O) groups excluding carboxylic acids is 2. The van der Waals surface area contributed by atoms with Crippen LogP contribution in [0.25, 0.3) is 5.76 Å². The van der Waals surface area contributed by atoms with Gasteiger partial charge >= 0.3 is 5.97 Å². The Morgan fingerprint density at radius 3 is 2.62 bits per heavy atom. The van der Waals surface area contributed by atoms with Crippen molar-refractivity contribution >= 4 is 29.1 Å². The zero-order chi connectivity index (χ0) is 15.8. The van der Waals surface area contributed by atoms with E-state index in [1.807, 2.05) is 6.92 Å². The minimum atomic E-state index is -0.881. The van der Waals surface area contributed by atoms with Gasteiger partial charge in [0.05, 0.1) is 12.0 Å². The number of aliphatic hydroxyl groups is 1. The Labute approximate surface area is 128 Å². The molecular weight excluding hydrogens is 292 g/mol. The van der Waals surface area contributed by atoms with E-state index in [0.717, 1.165) is 0 Å². The first-order valence-electron chi connectivity index (χ1n) is 6.82. The van der Waals surface area contributed by atoms with Gasteiger partial charge in [0.15, 0.2) is 5.78 Å². The van der Waals surface area contributed by atoms with Gasteiger partial charge in [0.25, 0.3) is 0 Å². The van der Waals surface area contributed by atoms with E-state index < -0.39 is 17.2 Å². The molecule has 0 heterocycles. The van der Waals surface area contributed by atoms with Gasteiger partial charge in [0.1, 0.15) is 11.3 Å². The molecule has 0 unspecified atom stereocenters. The topological polar surface area (TPSA) is 63.6 Å². The molecule has 0 saturated carbocycles. The Bertz CT molecular complexity index is 648. The number of esters is 1. The highest BCUT2D eigenvalue weighted by Gasteiger charge is 2.45. The summed E-state index contributed by atoms with van der Waals surface area (Å²) in [5, 5.41) is 10.8. The van der Waals surface area contributed by atoms with Crippen LogP contribution in [0.15, 0.2) is 23.8 Å². The number of Topliss-reactive ketones (excluding diaryl/α,β-unsaturated/α-hetero) is 1. The van der Waals surface area contributed by atoms with Crippen LogP contribution in [-0.4, -0.2) is 23.5 Å². The summed E-state index contributed by atoms with van der Waals surface area (Å²) in [5.41, 5.74) is -0.0933.